The van der Waals surface area contributed by atoms with E-state index in [-0.39, 0.29) is 0 Å². The molecule has 0 fully saturated rings. The number of ether oxygens (including phenoxy) is 1. The molecule has 0 heterocycles. The number of methoxy groups -OCH3 is 1. The van der Waals surface area contributed by atoms with Crippen LogP contribution in [0.4, 0.5) is 0 Å². The Hall–Kier alpha value is -1.88. The molecule has 0 saturated heterocycles. The maximum absolute atomic E-state index is 12.5. The molecule has 1 atom stereocenters. The largest absolute Gasteiger partial charge is 0.382 e. The van der Waals surface area contributed by atoms with Gasteiger partial charge in [0.1, 0.15) is 6.04 Å². The zero-order chi connectivity index (χ0) is 24.5. The summed E-state index contributed by atoms with van der Waals surface area (Å²) in [7, 11) is -3.03. The molecule has 0 bridgehead atoms. The fourth-order valence-corrected chi connectivity index (χ4v) is 0.948. The number of nitrogens with one attached hydrogen (secondary N) is 2. The number of hydrogen-bond acceptors (Lipinski definition) is 3. The molecule has 0 aliphatic heterocycles. The van der Waals surface area contributed by atoms with Crippen molar-refractivity contribution in [3.05, 3.63) is 35.8 Å². The summed E-state index contributed by atoms with van der Waals surface area (Å²) in [5.74, 6) is -3.11. The molecular weight excluding hydrogens is 232 g/mol. The van der Waals surface area contributed by atoms with Crippen LogP contribution in [0.25, 0.3) is 0 Å². The van der Waals surface area contributed by atoms with E-state index in [2.05, 4.69) is 4.74 Å². The zero-order valence-electron chi connectivity index (χ0n) is 22.0. The van der Waals surface area contributed by atoms with Crippen molar-refractivity contribution in [2.24, 2.45) is 0 Å². The Morgan fingerprint density at radius 2 is 2.28 bits per heavy atom. The lowest BCUT2D eigenvalue weighted by Crippen LogP contribution is -2.48. The molecule has 1 aromatic rings. The lowest BCUT2D eigenvalue weighted by atomic mass is 10.2. The SMILES string of the molecule is [2H]c1c([2H])c([2H])c(C([2H])([2H])NC(=O)C(COC([2H])([2H])[2H])NC(=O)C([2H])([2H])[2H])c([2H])c1[2H]. The highest BCUT2D eigenvalue weighted by Gasteiger charge is 2.18. The van der Waals surface area contributed by atoms with Crippen molar-refractivity contribution < 1.29 is 32.1 Å². The highest BCUT2D eigenvalue weighted by molar-refractivity contribution is 5.86. The van der Waals surface area contributed by atoms with E-state index < -0.39 is 80.6 Å². The molecule has 18 heavy (non-hydrogen) atoms. The molecule has 5 nitrogen and oxygen atoms in total. The number of benzene rings is 1. The number of carbonyl (C=O) groups is 2. The van der Waals surface area contributed by atoms with Crippen LogP contribution in [0.1, 0.15) is 30.2 Å². The Labute approximate surface area is 125 Å². The van der Waals surface area contributed by atoms with Crippen LogP contribution < -0.4 is 10.6 Å². The summed E-state index contributed by atoms with van der Waals surface area (Å²) in [5.41, 5.74) is -0.926. The third kappa shape index (κ3) is 4.97. The normalized spacial score (nSPS) is 24.3. The minimum Gasteiger partial charge on any atom is -0.382 e. The van der Waals surface area contributed by atoms with Gasteiger partial charge in [-0.2, -0.15) is 0 Å². The van der Waals surface area contributed by atoms with E-state index in [1.807, 2.05) is 0 Å². The second kappa shape index (κ2) is 7.45. The molecule has 5 heteroatoms. The fourth-order valence-electron chi connectivity index (χ4n) is 0.948. The Balaban J connectivity index is 3.28. The predicted molar refractivity (Wildman–Crippen MR) is 67.8 cm³/mol. The molecule has 0 aliphatic rings. The van der Waals surface area contributed by atoms with Gasteiger partial charge < -0.3 is 15.4 Å². The summed E-state index contributed by atoms with van der Waals surface area (Å²) >= 11 is 0. The van der Waals surface area contributed by atoms with Crippen molar-refractivity contribution in [1.29, 1.82) is 0 Å². The average Bonchev–Trinajstić information content (AvgIpc) is 2.59. The van der Waals surface area contributed by atoms with Crippen LogP contribution in [-0.2, 0) is 20.8 Å². The van der Waals surface area contributed by atoms with Gasteiger partial charge in [-0.1, -0.05) is 30.2 Å². The first-order valence-corrected chi connectivity index (χ1v) is 4.64. The number of rotatable bonds is 6. The standard InChI is InChI=1S/C13H18N2O3/c1-10(16)15-12(9-18-2)13(17)14-8-11-6-4-3-5-7-11/h3-7,12H,8-9H2,1-2H3,(H,14,17)(H,15,16)/i1D3,2D3,3D,4D,5D,6D,7D,8D2. The minimum absolute atomic E-state index is 0.797. The molecule has 0 spiro atoms. The van der Waals surface area contributed by atoms with Crippen LogP contribution in [0, 0.1) is 0 Å². The summed E-state index contributed by atoms with van der Waals surface area (Å²) < 4.78 is 101. The molecule has 1 rings (SSSR count). The van der Waals surface area contributed by atoms with Crippen LogP contribution in [0.2, 0.25) is 0 Å². The monoisotopic (exact) mass is 263 g/mol. The molecule has 0 saturated carbocycles. The van der Waals surface area contributed by atoms with E-state index >= 15 is 0 Å². The summed E-state index contributed by atoms with van der Waals surface area (Å²) in [4.78, 5) is 24.2. The third-order valence-electron chi connectivity index (χ3n) is 1.68. The Morgan fingerprint density at radius 3 is 2.94 bits per heavy atom. The average molecular weight is 263 g/mol. The molecular formula is C13H18N2O3. The van der Waals surface area contributed by atoms with Gasteiger partial charge in [0.25, 0.3) is 0 Å². The van der Waals surface area contributed by atoms with Crippen molar-refractivity contribution in [3.63, 3.8) is 0 Å². The topological polar surface area (TPSA) is 67.4 Å². The van der Waals surface area contributed by atoms with E-state index in [4.69, 9.17) is 17.8 Å². The second-order valence-corrected chi connectivity index (χ2v) is 2.95. The van der Waals surface area contributed by atoms with Gasteiger partial charge in [0.15, 0.2) is 0 Å². The Bertz CT molecular complexity index is 837. The smallest absolute Gasteiger partial charge is 0.245 e. The van der Waals surface area contributed by atoms with Gasteiger partial charge in [0.2, 0.25) is 11.8 Å². The molecule has 1 aromatic carbocycles. The third-order valence-corrected chi connectivity index (χ3v) is 1.68. The molecule has 0 aliphatic carbocycles. The Kier molecular flexibility index (Phi) is 1.80. The number of carbonyl (C=O) groups excluding carboxylic acids is 2. The lowest BCUT2D eigenvalue weighted by Gasteiger charge is -2.16. The maximum Gasteiger partial charge on any atom is 0.245 e. The second-order valence-electron chi connectivity index (χ2n) is 2.95. The number of hydrogen-bond donors (Lipinski definition) is 2. The Morgan fingerprint density at radius 1 is 1.50 bits per heavy atom. The zero-order valence-corrected chi connectivity index (χ0v) is 9.01. The molecule has 0 radical (unpaired) electrons. The van der Waals surface area contributed by atoms with Crippen LogP contribution in [-0.4, -0.2) is 31.5 Å². The van der Waals surface area contributed by atoms with E-state index in [1.165, 1.54) is 0 Å². The molecule has 0 aromatic heterocycles. The van der Waals surface area contributed by atoms with Crippen LogP contribution >= 0.6 is 0 Å². The van der Waals surface area contributed by atoms with Gasteiger partial charge in [-0.05, 0) is 5.56 Å². The molecule has 98 valence electrons. The highest BCUT2D eigenvalue weighted by atomic mass is 16.5. The van der Waals surface area contributed by atoms with Gasteiger partial charge in [0, 0.05) is 24.5 Å². The first-order chi connectivity index (χ1) is 13.8. The molecule has 2 N–H and O–H groups in total. The van der Waals surface area contributed by atoms with Crippen molar-refractivity contribution in [2.75, 3.05) is 13.6 Å². The predicted octanol–water partition coefficient (Wildman–Crippen LogP) is 0.454. The highest BCUT2D eigenvalue weighted by Crippen LogP contribution is 1.97. The van der Waals surface area contributed by atoms with E-state index in [0.29, 0.717) is 0 Å². The lowest BCUT2D eigenvalue weighted by molar-refractivity contribution is -0.129. The van der Waals surface area contributed by atoms with Crippen molar-refractivity contribution >= 4 is 11.8 Å². The summed E-state index contributed by atoms with van der Waals surface area (Å²) in [6.07, 6.45) is 0. The van der Waals surface area contributed by atoms with Crippen LogP contribution in [0.3, 0.4) is 0 Å². The molecule has 2 amide bonds. The maximum atomic E-state index is 12.5. The van der Waals surface area contributed by atoms with Crippen molar-refractivity contribution in [2.45, 2.75) is 19.4 Å². The van der Waals surface area contributed by atoms with Crippen LogP contribution in [0.15, 0.2) is 30.2 Å². The van der Waals surface area contributed by atoms with Crippen molar-refractivity contribution in [1.82, 2.24) is 10.6 Å². The van der Waals surface area contributed by atoms with E-state index in [9.17, 15) is 9.59 Å². The van der Waals surface area contributed by atoms with Gasteiger partial charge in [-0.25, -0.2) is 0 Å². The minimum atomic E-state index is -3.22. The summed E-state index contributed by atoms with van der Waals surface area (Å²) in [6, 6.07) is -6.42. The summed E-state index contributed by atoms with van der Waals surface area (Å²) in [6.45, 7) is -7.38. The van der Waals surface area contributed by atoms with Crippen molar-refractivity contribution in [3.8, 4) is 0 Å². The molecule has 1 unspecified atom stereocenters. The van der Waals surface area contributed by atoms with Gasteiger partial charge in [-0.15, -0.1) is 0 Å². The van der Waals surface area contributed by atoms with E-state index in [1.54, 1.807) is 10.6 Å². The fraction of sp³-hybridized carbons (Fsp3) is 0.385. The summed E-state index contributed by atoms with van der Waals surface area (Å²) in [5, 5.41) is 3.40. The first kappa shape index (κ1) is 4.35. The van der Waals surface area contributed by atoms with Crippen LogP contribution in [0.5, 0.6) is 0 Å². The van der Waals surface area contributed by atoms with E-state index in [0.717, 1.165) is 0 Å². The quantitative estimate of drug-likeness (QED) is 0.783. The van der Waals surface area contributed by atoms with Gasteiger partial charge in [0.05, 0.1) is 20.3 Å². The van der Waals surface area contributed by atoms with Gasteiger partial charge in [-0.3, -0.25) is 9.59 Å². The van der Waals surface area contributed by atoms with Gasteiger partial charge >= 0.3 is 0 Å². The number of amides is 2. The first-order valence-electron chi connectivity index (χ1n) is 11.1.